The molecule has 0 aliphatic carbocycles. The smallest absolute Gasteiger partial charge is 0.245 e. The highest BCUT2D eigenvalue weighted by molar-refractivity contribution is 7.89. The molecule has 134 valence electrons. The molecule has 0 fully saturated rings. The third kappa shape index (κ3) is 4.78. The maximum Gasteiger partial charge on any atom is 0.245 e. The van der Waals surface area contributed by atoms with E-state index in [0.29, 0.717) is 23.9 Å². The number of benzene rings is 2. The van der Waals surface area contributed by atoms with Crippen LogP contribution >= 0.6 is 12.2 Å². The van der Waals surface area contributed by atoms with E-state index in [1.165, 1.54) is 4.31 Å². The minimum absolute atomic E-state index is 0.230. The van der Waals surface area contributed by atoms with E-state index < -0.39 is 10.0 Å². The molecule has 0 unspecified atom stereocenters. The molecule has 5 nitrogen and oxygen atoms in total. The van der Waals surface area contributed by atoms with E-state index in [0.717, 1.165) is 11.3 Å². The molecule has 0 saturated heterocycles. The summed E-state index contributed by atoms with van der Waals surface area (Å²) < 4.78 is 27.3. The topological polar surface area (TPSA) is 61.4 Å². The summed E-state index contributed by atoms with van der Waals surface area (Å²) in [5.41, 5.74) is 2.17. The molecule has 0 aromatic heterocycles. The number of nitrogens with zero attached hydrogens (tertiary/aromatic N) is 1. The number of hydrogen-bond donors (Lipinski definition) is 2. The summed E-state index contributed by atoms with van der Waals surface area (Å²) in [6.07, 6.45) is 0. The molecule has 0 heterocycles. The summed E-state index contributed by atoms with van der Waals surface area (Å²) in [6.45, 7) is 6.35. The van der Waals surface area contributed by atoms with Crippen molar-refractivity contribution in [3.05, 3.63) is 54.1 Å². The van der Waals surface area contributed by atoms with Crippen molar-refractivity contribution in [3.63, 3.8) is 0 Å². The highest BCUT2D eigenvalue weighted by atomic mass is 32.2. The molecule has 7 heteroatoms. The maximum absolute atomic E-state index is 12.9. The van der Waals surface area contributed by atoms with Crippen LogP contribution in [0.25, 0.3) is 0 Å². The molecule has 0 bridgehead atoms. The Labute approximate surface area is 155 Å². The molecular weight excluding hydrogens is 354 g/mol. The Kier molecular flexibility index (Phi) is 6.52. The molecule has 0 radical (unpaired) electrons. The van der Waals surface area contributed by atoms with Crippen LogP contribution in [0.2, 0.25) is 0 Å². The van der Waals surface area contributed by atoms with E-state index in [2.05, 4.69) is 10.6 Å². The van der Waals surface area contributed by atoms with Crippen LogP contribution in [0.5, 0.6) is 0 Å². The van der Waals surface area contributed by atoms with Gasteiger partial charge in [0, 0.05) is 18.8 Å². The molecule has 0 atom stereocenters. The van der Waals surface area contributed by atoms with E-state index in [4.69, 9.17) is 12.2 Å². The number of anilines is 2. The molecule has 2 aromatic rings. The Balaban J connectivity index is 2.31. The summed E-state index contributed by atoms with van der Waals surface area (Å²) in [6, 6.07) is 14.7. The van der Waals surface area contributed by atoms with E-state index in [9.17, 15) is 8.42 Å². The van der Waals surface area contributed by atoms with Crippen LogP contribution < -0.4 is 10.6 Å². The van der Waals surface area contributed by atoms with Gasteiger partial charge in [0.05, 0.1) is 5.69 Å². The average Bonchev–Trinajstić information content (AvgIpc) is 2.58. The van der Waals surface area contributed by atoms with E-state index >= 15 is 0 Å². The van der Waals surface area contributed by atoms with Gasteiger partial charge in [-0.1, -0.05) is 38.1 Å². The van der Waals surface area contributed by atoms with Crippen LogP contribution in [0, 0.1) is 6.92 Å². The Hall–Kier alpha value is -1.96. The molecule has 0 amide bonds. The fraction of sp³-hybridized carbons (Fsp3) is 0.278. The second-order valence-corrected chi connectivity index (χ2v) is 7.85. The zero-order valence-corrected chi connectivity index (χ0v) is 16.2. The van der Waals surface area contributed by atoms with Crippen molar-refractivity contribution in [1.82, 2.24) is 4.31 Å². The lowest BCUT2D eigenvalue weighted by molar-refractivity contribution is 0.445. The van der Waals surface area contributed by atoms with Crippen molar-refractivity contribution in [2.24, 2.45) is 0 Å². The normalized spacial score (nSPS) is 11.4. The monoisotopic (exact) mass is 377 g/mol. The summed E-state index contributed by atoms with van der Waals surface area (Å²) in [4.78, 5) is 0.230. The standard InChI is InChI=1S/C18H23N3O2S2/c1-4-21(5-2)25(22,23)17-13-14(3)11-12-16(17)20-18(24)19-15-9-7-6-8-10-15/h6-13H,4-5H2,1-3H3,(H2,19,20,24). The predicted molar refractivity (Wildman–Crippen MR) is 108 cm³/mol. The van der Waals surface area contributed by atoms with Crippen LogP contribution in [0.4, 0.5) is 11.4 Å². The maximum atomic E-state index is 12.9. The first-order valence-electron chi connectivity index (χ1n) is 8.12. The first kappa shape index (κ1) is 19.4. The number of para-hydroxylation sites is 1. The molecule has 0 aliphatic rings. The molecule has 2 aromatic carbocycles. The average molecular weight is 378 g/mol. The van der Waals surface area contributed by atoms with Gasteiger partial charge in [0.1, 0.15) is 4.90 Å². The summed E-state index contributed by atoms with van der Waals surface area (Å²) in [7, 11) is -3.59. The third-order valence-electron chi connectivity index (χ3n) is 3.74. The number of thiocarbonyl (C=S) groups is 1. The fourth-order valence-electron chi connectivity index (χ4n) is 2.45. The molecule has 2 N–H and O–H groups in total. The predicted octanol–water partition coefficient (Wildman–Crippen LogP) is 3.83. The zero-order chi connectivity index (χ0) is 18.4. The minimum Gasteiger partial charge on any atom is -0.332 e. The Morgan fingerprint density at radius 1 is 1.04 bits per heavy atom. The van der Waals surface area contributed by atoms with Crippen molar-refractivity contribution >= 4 is 38.7 Å². The van der Waals surface area contributed by atoms with Crippen LogP contribution in [0.1, 0.15) is 19.4 Å². The molecule has 0 aliphatic heterocycles. The van der Waals surface area contributed by atoms with Gasteiger partial charge in [-0.25, -0.2) is 8.42 Å². The van der Waals surface area contributed by atoms with Gasteiger partial charge >= 0.3 is 0 Å². The zero-order valence-electron chi connectivity index (χ0n) is 14.6. The van der Waals surface area contributed by atoms with Crippen molar-refractivity contribution in [2.45, 2.75) is 25.7 Å². The van der Waals surface area contributed by atoms with Crippen LogP contribution in [-0.2, 0) is 10.0 Å². The molecule has 25 heavy (non-hydrogen) atoms. The van der Waals surface area contributed by atoms with E-state index in [-0.39, 0.29) is 4.90 Å². The second kappa shape index (κ2) is 8.42. The molecule has 2 rings (SSSR count). The summed E-state index contributed by atoms with van der Waals surface area (Å²) in [5, 5.41) is 6.40. The van der Waals surface area contributed by atoms with Crippen molar-refractivity contribution in [3.8, 4) is 0 Å². The summed E-state index contributed by atoms with van der Waals surface area (Å²) >= 11 is 5.33. The molecule has 0 spiro atoms. The SMILES string of the molecule is CCN(CC)S(=O)(=O)c1cc(C)ccc1NC(=S)Nc1ccccc1. The number of hydrogen-bond acceptors (Lipinski definition) is 3. The van der Waals surface area contributed by atoms with Gasteiger partial charge in [0.25, 0.3) is 0 Å². The van der Waals surface area contributed by atoms with Gasteiger partial charge in [-0.15, -0.1) is 0 Å². The van der Waals surface area contributed by atoms with Gasteiger partial charge in [-0.3, -0.25) is 0 Å². The number of sulfonamides is 1. The first-order valence-corrected chi connectivity index (χ1v) is 9.97. The number of rotatable bonds is 6. The van der Waals surface area contributed by atoms with Gasteiger partial charge in [-0.05, 0) is 49.0 Å². The molecule has 0 saturated carbocycles. The van der Waals surface area contributed by atoms with Crippen LogP contribution in [0.15, 0.2) is 53.4 Å². The Morgan fingerprint density at radius 2 is 1.68 bits per heavy atom. The Morgan fingerprint density at radius 3 is 2.28 bits per heavy atom. The van der Waals surface area contributed by atoms with Gasteiger partial charge in [0.15, 0.2) is 5.11 Å². The fourth-order valence-corrected chi connectivity index (χ4v) is 4.37. The van der Waals surface area contributed by atoms with E-state index in [1.54, 1.807) is 12.1 Å². The van der Waals surface area contributed by atoms with Crippen molar-refractivity contribution < 1.29 is 8.42 Å². The van der Waals surface area contributed by atoms with Crippen molar-refractivity contribution in [2.75, 3.05) is 23.7 Å². The Bertz CT molecular complexity index is 833. The second-order valence-electron chi connectivity index (χ2n) is 5.53. The molecular formula is C18H23N3O2S2. The number of nitrogens with one attached hydrogen (secondary N) is 2. The summed E-state index contributed by atoms with van der Waals surface area (Å²) in [5.74, 6) is 0. The van der Waals surface area contributed by atoms with Crippen molar-refractivity contribution in [1.29, 1.82) is 0 Å². The largest absolute Gasteiger partial charge is 0.332 e. The quantitative estimate of drug-likeness (QED) is 0.749. The van der Waals surface area contributed by atoms with Gasteiger partial charge < -0.3 is 10.6 Å². The third-order valence-corrected chi connectivity index (χ3v) is 6.03. The lowest BCUT2D eigenvalue weighted by atomic mass is 10.2. The van der Waals surface area contributed by atoms with E-state index in [1.807, 2.05) is 57.2 Å². The van der Waals surface area contributed by atoms with Crippen LogP contribution in [-0.4, -0.2) is 30.9 Å². The van der Waals surface area contributed by atoms with Gasteiger partial charge in [0.2, 0.25) is 10.0 Å². The first-order chi connectivity index (χ1) is 11.9. The van der Waals surface area contributed by atoms with Crippen LogP contribution in [0.3, 0.4) is 0 Å². The highest BCUT2D eigenvalue weighted by Gasteiger charge is 2.25. The number of aryl methyl sites for hydroxylation is 1. The lowest BCUT2D eigenvalue weighted by Gasteiger charge is -2.21. The lowest BCUT2D eigenvalue weighted by Crippen LogP contribution is -2.31. The minimum atomic E-state index is -3.59. The highest BCUT2D eigenvalue weighted by Crippen LogP contribution is 2.26. The van der Waals surface area contributed by atoms with Gasteiger partial charge in [-0.2, -0.15) is 4.31 Å².